The van der Waals surface area contributed by atoms with E-state index in [0.717, 1.165) is 38.0 Å². The summed E-state index contributed by atoms with van der Waals surface area (Å²) in [4.78, 5) is 14.3. The topological polar surface area (TPSA) is 59.4 Å². The first-order valence-corrected chi connectivity index (χ1v) is 7.66. The molecule has 1 aliphatic heterocycles. The van der Waals surface area contributed by atoms with Gasteiger partial charge in [-0.1, -0.05) is 0 Å². The molecule has 2 heterocycles. The molecule has 6 heteroatoms. The molecule has 0 bridgehead atoms. The molecule has 0 aromatic carbocycles. The lowest BCUT2D eigenvalue weighted by atomic mass is 10.1. The van der Waals surface area contributed by atoms with E-state index in [0.29, 0.717) is 18.7 Å². The Hall–Kier alpha value is -1.40. The molecule has 0 amide bonds. The van der Waals surface area contributed by atoms with Gasteiger partial charge in [0.15, 0.2) is 0 Å². The summed E-state index contributed by atoms with van der Waals surface area (Å²) in [5.41, 5.74) is 0.900. The lowest BCUT2D eigenvalue weighted by molar-refractivity contribution is 0.0819. The summed E-state index contributed by atoms with van der Waals surface area (Å²) in [6.45, 7) is 4.58. The molecule has 1 aromatic rings. The maximum absolute atomic E-state index is 12.1. The van der Waals surface area contributed by atoms with Crippen LogP contribution in [0.1, 0.15) is 26.2 Å². The number of aryl methyl sites for hydroxylation is 1. The zero-order valence-corrected chi connectivity index (χ0v) is 13.2. The maximum atomic E-state index is 12.1. The quantitative estimate of drug-likeness (QED) is 0.843. The van der Waals surface area contributed by atoms with Gasteiger partial charge in [0.25, 0.3) is 5.56 Å². The predicted octanol–water partition coefficient (Wildman–Crippen LogP) is 0.857. The lowest BCUT2D eigenvalue weighted by Crippen LogP contribution is -2.37. The van der Waals surface area contributed by atoms with E-state index in [4.69, 9.17) is 4.74 Å². The molecule has 1 N–H and O–H groups in total. The SMILES string of the molecule is CNC(C)CCn1ncc(N2CCC(OC)CC2)cc1=O. The van der Waals surface area contributed by atoms with Crippen LogP contribution in [0.4, 0.5) is 5.69 Å². The van der Waals surface area contributed by atoms with Gasteiger partial charge >= 0.3 is 0 Å². The number of ether oxygens (including phenoxy) is 1. The number of rotatable bonds is 6. The van der Waals surface area contributed by atoms with E-state index in [1.165, 1.54) is 0 Å². The maximum Gasteiger partial charge on any atom is 0.268 e. The third kappa shape index (κ3) is 4.28. The first kappa shape index (κ1) is 16.0. The third-order valence-electron chi connectivity index (χ3n) is 4.26. The van der Waals surface area contributed by atoms with Crippen molar-refractivity contribution >= 4 is 5.69 Å². The van der Waals surface area contributed by atoms with Crippen LogP contribution in [0.15, 0.2) is 17.1 Å². The average Bonchev–Trinajstić information content (AvgIpc) is 2.53. The fourth-order valence-electron chi connectivity index (χ4n) is 2.57. The number of nitrogens with zero attached hydrogens (tertiary/aromatic N) is 3. The molecule has 1 aromatic heterocycles. The Kier molecular flexibility index (Phi) is 5.76. The molecule has 1 aliphatic rings. The summed E-state index contributed by atoms with van der Waals surface area (Å²) in [6.07, 6.45) is 5.04. The fraction of sp³-hybridized carbons (Fsp3) is 0.733. The van der Waals surface area contributed by atoms with Crippen LogP contribution in [0.5, 0.6) is 0 Å². The van der Waals surface area contributed by atoms with Crippen molar-refractivity contribution in [1.82, 2.24) is 15.1 Å². The van der Waals surface area contributed by atoms with Crippen molar-refractivity contribution in [2.75, 3.05) is 32.1 Å². The van der Waals surface area contributed by atoms with Crippen molar-refractivity contribution in [2.24, 2.45) is 0 Å². The van der Waals surface area contributed by atoms with Gasteiger partial charge in [-0.2, -0.15) is 5.10 Å². The predicted molar refractivity (Wildman–Crippen MR) is 83.9 cm³/mol. The number of piperidine rings is 1. The molecule has 21 heavy (non-hydrogen) atoms. The standard InChI is InChI=1S/C15H26N4O2/c1-12(16-2)4-9-19-15(20)10-13(11-17-19)18-7-5-14(21-3)6-8-18/h10-12,14,16H,4-9H2,1-3H3. The first-order valence-electron chi connectivity index (χ1n) is 7.66. The van der Waals surface area contributed by atoms with Crippen molar-refractivity contribution in [2.45, 2.75) is 44.9 Å². The van der Waals surface area contributed by atoms with Gasteiger partial charge in [0.1, 0.15) is 0 Å². The molecule has 6 nitrogen and oxygen atoms in total. The van der Waals surface area contributed by atoms with E-state index in [9.17, 15) is 4.79 Å². The van der Waals surface area contributed by atoms with Gasteiger partial charge in [-0.15, -0.1) is 0 Å². The van der Waals surface area contributed by atoms with Gasteiger partial charge in [-0.25, -0.2) is 4.68 Å². The summed E-state index contributed by atoms with van der Waals surface area (Å²) in [6, 6.07) is 2.08. The van der Waals surface area contributed by atoms with Crippen LogP contribution in [0.3, 0.4) is 0 Å². The van der Waals surface area contributed by atoms with Crippen LogP contribution in [-0.4, -0.2) is 49.2 Å². The molecular weight excluding hydrogens is 268 g/mol. The summed E-state index contributed by atoms with van der Waals surface area (Å²) in [5.74, 6) is 0. The second-order valence-electron chi connectivity index (χ2n) is 5.68. The van der Waals surface area contributed by atoms with Gasteiger partial charge in [-0.05, 0) is 33.2 Å². The number of nitrogens with one attached hydrogen (secondary N) is 1. The summed E-state index contributed by atoms with van der Waals surface area (Å²) >= 11 is 0. The molecule has 2 rings (SSSR count). The van der Waals surface area contributed by atoms with E-state index < -0.39 is 0 Å². The molecule has 0 aliphatic carbocycles. The molecular formula is C15H26N4O2. The average molecular weight is 294 g/mol. The van der Waals surface area contributed by atoms with E-state index in [1.54, 1.807) is 24.1 Å². The van der Waals surface area contributed by atoms with Crippen LogP contribution < -0.4 is 15.8 Å². The van der Waals surface area contributed by atoms with Crippen molar-refractivity contribution in [3.8, 4) is 0 Å². The molecule has 1 fully saturated rings. The van der Waals surface area contributed by atoms with Crippen LogP contribution in [0.2, 0.25) is 0 Å². The number of hydrogen-bond acceptors (Lipinski definition) is 5. The minimum Gasteiger partial charge on any atom is -0.381 e. The van der Waals surface area contributed by atoms with Crippen LogP contribution in [0, 0.1) is 0 Å². The number of aromatic nitrogens is 2. The van der Waals surface area contributed by atoms with Crippen LogP contribution in [0.25, 0.3) is 0 Å². The highest BCUT2D eigenvalue weighted by molar-refractivity contribution is 5.43. The zero-order chi connectivity index (χ0) is 15.2. The molecule has 1 unspecified atom stereocenters. The second-order valence-corrected chi connectivity index (χ2v) is 5.68. The van der Waals surface area contributed by atoms with E-state index >= 15 is 0 Å². The highest BCUT2D eigenvalue weighted by Gasteiger charge is 2.19. The van der Waals surface area contributed by atoms with E-state index in [2.05, 4.69) is 22.2 Å². The number of methoxy groups -OCH3 is 1. The summed E-state index contributed by atoms with van der Waals surface area (Å²) in [7, 11) is 3.68. The van der Waals surface area contributed by atoms with Gasteiger partial charge in [0.05, 0.1) is 18.0 Å². The van der Waals surface area contributed by atoms with Gasteiger partial charge in [-0.3, -0.25) is 4.79 Å². The van der Waals surface area contributed by atoms with E-state index in [-0.39, 0.29) is 5.56 Å². The van der Waals surface area contributed by atoms with Crippen molar-refractivity contribution in [3.05, 3.63) is 22.6 Å². The Labute approximate surface area is 126 Å². The summed E-state index contributed by atoms with van der Waals surface area (Å²) in [5, 5.41) is 7.47. The normalized spacial score (nSPS) is 18.0. The molecule has 1 saturated heterocycles. The number of anilines is 1. The van der Waals surface area contributed by atoms with Gasteiger partial charge < -0.3 is 15.0 Å². The fourth-order valence-corrected chi connectivity index (χ4v) is 2.57. The van der Waals surface area contributed by atoms with Crippen LogP contribution in [-0.2, 0) is 11.3 Å². The Morgan fingerprint density at radius 2 is 2.19 bits per heavy atom. The Balaban J connectivity index is 1.97. The minimum atomic E-state index is -0.0235. The minimum absolute atomic E-state index is 0.0235. The van der Waals surface area contributed by atoms with Crippen molar-refractivity contribution < 1.29 is 4.74 Å². The first-order chi connectivity index (χ1) is 10.1. The highest BCUT2D eigenvalue weighted by Crippen LogP contribution is 2.18. The van der Waals surface area contributed by atoms with Gasteiger partial charge in [0.2, 0.25) is 0 Å². The van der Waals surface area contributed by atoms with Gasteiger partial charge in [0, 0.05) is 38.9 Å². The molecule has 0 saturated carbocycles. The largest absolute Gasteiger partial charge is 0.381 e. The smallest absolute Gasteiger partial charge is 0.268 e. The highest BCUT2D eigenvalue weighted by atomic mass is 16.5. The Morgan fingerprint density at radius 3 is 2.76 bits per heavy atom. The summed E-state index contributed by atoms with van der Waals surface area (Å²) < 4.78 is 6.91. The van der Waals surface area contributed by atoms with Crippen LogP contribution >= 0.6 is 0 Å². The molecule has 118 valence electrons. The molecule has 1 atom stereocenters. The molecule has 0 spiro atoms. The molecule has 0 radical (unpaired) electrons. The third-order valence-corrected chi connectivity index (χ3v) is 4.26. The number of hydrogen-bond donors (Lipinski definition) is 1. The monoisotopic (exact) mass is 294 g/mol. The van der Waals surface area contributed by atoms with Crippen molar-refractivity contribution in [3.63, 3.8) is 0 Å². The van der Waals surface area contributed by atoms with Crippen molar-refractivity contribution in [1.29, 1.82) is 0 Å². The van der Waals surface area contributed by atoms with E-state index in [1.807, 2.05) is 7.05 Å². The Morgan fingerprint density at radius 1 is 1.48 bits per heavy atom. The lowest BCUT2D eigenvalue weighted by Gasteiger charge is -2.32. The zero-order valence-electron chi connectivity index (χ0n) is 13.2. The second kappa shape index (κ2) is 7.56. The Bertz CT molecular complexity index is 495.